The Labute approximate surface area is 115 Å². The lowest BCUT2D eigenvalue weighted by atomic mass is 10.1. The van der Waals surface area contributed by atoms with E-state index in [1.54, 1.807) is 0 Å². The van der Waals surface area contributed by atoms with Crippen molar-refractivity contribution in [3.63, 3.8) is 0 Å². The molecular formula is C13H25O5P. The second-order valence-corrected chi connectivity index (χ2v) is 6.57. The average Bonchev–Trinajstić information content (AvgIpc) is 2.76. The summed E-state index contributed by atoms with van der Waals surface area (Å²) in [5.74, 6) is -0.464. The van der Waals surface area contributed by atoms with Gasteiger partial charge in [0.2, 0.25) is 0 Å². The summed E-state index contributed by atoms with van der Waals surface area (Å²) in [6, 6.07) is 0. The molecule has 0 aromatic heterocycles. The molecule has 0 amide bonds. The summed E-state index contributed by atoms with van der Waals surface area (Å²) in [6.07, 6.45) is 5.74. The Bertz CT molecular complexity index is 313. The van der Waals surface area contributed by atoms with Gasteiger partial charge in [-0.2, -0.15) is 0 Å². The molecule has 1 fully saturated rings. The fraction of sp³-hybridized carbons (Fsp3) is 0.846. The minimum absolute atomic E-state index is 0.313. The molecule has 0 atom stereocenters. The highest BCUT2D eigenvalue weighted by Crippen LogP contribution is 2.47. The molecule has 0 aromatic carbocycles. The summed E-state index contributed by atoms with van der Waals surface area (Å²) in [7, 11) is -2.95. The molecule has 19 heavy (non-hydrogen) atoms. The summed E-state index contributed by atoms with van der Waals surface area (Å²) in [5, 5.41) is 0. The number of hydrogen-bond donors (Lipinski definition) is 0. The van der Waals surface area contributed by atoms with Crippen LogP contribution in [-0.2, 0) is 23.1 Å². The number of hydrogen-bond acceptors (Lipinski definition) is 5. The van der Waals surface area contributed by atoms with E-state index in [-0.39, 0.29) is 0 Å². The van der Waals surface area contributed by atoms with Crippen LogP contribution in [0, 0.1) is 0 Å². The summed E-state index contributed by atoms with van der Waals surface area (Å²) in [4.78, 5) is 0. The van der Waals surface area contributed by atoms with E-state index in [0.717, 1.165) is 12.8 Å². The highest BCUT2D eigenvalue weighted by molar-refractivity contribution is 7.54. The lowest BCUT2D eigenvalue weighted by molar-refractivity contribution is -0.145. The first-order valence-electron chi connectivity index (χ1n) is 6.84. The van der Waals surface area contributed by atoms with E-state index in [2.05, 4.69) is 0 Å². The van der Waals surface area contributed by atoms with Crippen molar-refractivity contribution in [2.75, 3.05) is 32.6 Å². The maximum atomic E-state index is 12.2. The van der Waals surface area contributed by atoms with Gasteiger partial charge in [0.15, 0.2) is 5.79 Å². The van der Waals surface area contributed by atoms with Gasteiger partial charge in [0.1, 0.15) is 0 Å². The van der Waals surface area contributed by atoms with Gasteiger partial charge in [-0.15, -0.1) is 0 Å². The fourth-order valence-corrected chi connectivity index (χ4v) is 3.38. The van der Waals surface area contributed by atoms with Crippen LogP contribution in [0.15, 0.2) is 12.2 Å². The van der Waals surface area contributed by atoms with Crippen LogP contribution in [-0.4, -0.2) is 38.4 Å². The first-order valence-corrected chi connectivity index (χ1v) is 8.57. The van der Waals surface area contributed by atoms with E-state index >= 15 is 0 Å². The van der Waals surface area contributed by atoms with Gasteiger partial charge in [-0.25, -0.2) is 0 Å². The van der Waals surface area contributed by atoms with E-state index in [1.807, 2.05) is 32.9 Å². The van der Waals surface area contributed by atoms with E-state index in [0.29, 0.717) is 32.6 Å². The van der Waals surface area contributed by atoms with Gasteiger partial charge in [0.25, 0.3) is 0 Å². The largest absolute Gasteiger partial charge is 0.348 e. The monoisotopic (exact) mass is 292 g/mol. The van der Waals surface area contributed by atoms with Crippen molar-refractivity contribution >= 4 is 7.60 Å². The Morgan fingerprint density at radius 2 is 1.74 bits per heavy atom. The Morgan fingerprint density at radius 1 is 1.16 bits per heavy atom. The van der Waals surface area contributed by atoms with Gasteiger partial charge < -0.3 is 18.5 Å². The molecule has 0 saturated carbocycles. The highest BCUT2D eigenvalue weighted by atomic mass is 31.2. The van der Waals surface area contributed by atoms with Crippen molar-refractivity contribution in [2.45, 2.75) is 39.4 Å². The van der Waals surface area contributed by atoms with Gasteiger partial charge in [-0.05, 0) is 27.2 Å². The van der Waals surface area contributed by atoms with Crippen LogP contribution in [0.5, 0.6) is 0 Å². The molecule has 1 saturated heterocycles. The lowest BCUT2D eigenvalue weighted by Gasteiger charge is -2.21. The molecule has 0 N–H and O–H groups in total. The number of allylic oxidation sites excluding steroid dienone is 2. The topological polar surface area (TPSA) is 54.0 Å². The molecule has 1 rings (SSSR count). The van der Waals surface area contributed by atoms with Gasteiger partial charge in [-0.1, -0.05) is 12.2 Å². The summed E-state index contributed by atoms with van der Waals surface area (Å²) in [5.41, 5.74) is 0. The van der Waals surface area contributed by atoms with E-state index in [9.17, 15) is 4.57 Å². The SMILES string of the molecule is CCOP(=O)(C/C=C/CCC1(C)OCCO1)OCC. The fourth-order valence-electron chi connectivity index (χ4n) is 1.90. The van der Waals surface area contributed by atoms with Crippen LogP contribution in [0.4, 0.5) is 0 Å². The first-order chi connectivity index (χ1) is 9.04. The minimum Gasteiger partial charge on any atom is -0.348 e. The second-order valence-electron chi connectivity index (χ2n) is 4.47. The Morgan fingerprint density at radius 3 is 2.26 bits per heavy atom. The zero-order valence-electron chi connectivity index (χ0n) is 12.1. The van der Waals surface area contributed by atoms with Crippen molar-refractivity contribution in [1.29, 1.82) is 0 Å². The molecule has 0 aliphatic carbocycles. The molecule has 0 unspecified atom stereocenters. The molecule has 5 nitrogen and oxygen atoms in total. The number of rotatable bonds is 9. The molecule has 6 heteroatoms. The standard InChI is InChI=1S/C13H25O5P/c1-4-17-19(14,18-5-2)12-8-6-7-9-13(3)15-10-11-16-13/h6,8H,4-5,7,9-12H2,1-3H3/b8-6+. The van der Waals surface area contributed by atoms with Gasteiger partial charge in [-0.3, -0.25) is 4.57 Å². The summed E-state index contributed by atoms with van der Waals surface area (Å²) in [6.45, 7) is 7.67. The predicted octanol–water partition coefficient (Wildman–Crippen LogP) is 3.35. The van der Waals surface area contributed by atoms with Crippen LogP contribution in [0.2, 0.25) is 0 Å². The van der Waals surface area contributed by atoms with E-state index in [1.165, 1.54) is 0 Å². The average molecular weight is 292 g/mol. The second kappa shape index (κ2) is 8.18. The normalized spacial score (nSPS) is 19.3. The van der Waals surface area contributed by atoms with Crippen LogP contribution >= 0.6 is 7.60 Å². The summed E-state index contributed by atoms with van der Waals surface area (Å²) < 4.78 is 33.6. The van der Waals surface area contributed by atoms with Crippen LogP contribution in [0.25, 0.3) is 0 Å². The van der Waals surface area contributed by atoms with Crippen LogP contribution in [0.3, 0.4) is 0 Å². The minimum atomic E-state index is -2.95. The Kier molecular flexibility index (Phi) is 7.26. The molecule has 0 aromatic rings. The van der Waals surface area contributed by atoms with Crippen molar-refractivity contribution in [3.8, 4) is 0 Å². The summed E-state index contributed by atoms with van der Waals surface area (Å²) >= 11 is 0. The zero-order valence-corrected chi connectivity index (χ0v) is 13.0. The van der Waals surface area contributed by atoms with Crippen LogP contribution in [0.1, 0.15) is 33.6 Å². The third kappa shape index (κ3) is 6.19. The molecule has 0 spiro atoms. The van der Waals surface area contributed by atoms with E-state index < -0.39 is 13.4 Å². The third-order valence-electron chi connectivity index (χ3n) is 2.81. The predicted molar refractivity (Wildman–Crippen MR) is 74.4 cm³/mol. The van der Waals surface area contributed by atoms with Gasteiger partial charge in [0, 0.05) is 6.42 Å². The maximum Gasteiger partial charge on any atom is 0.334 e. The van der Waals surface area contributed by atoms with Crippen molar-refractivity contribution in [2.24, 2.45) is 0 Å². The van der Waals surface area contributed by atoms with E-state index in [4.69, 9.17) is 18.5 Å². The molecule has 1 aliphatic heterocycles. The molecule has 112 valence electrons. The van der Waals surface area contributed by atoms with Gasteiger partial charge >= 0.3 is 7.60 Å². The molecular weight excluding hydrogens is 267 g/mol. The van der Waals surface area contributed by atoms with Crippen LogP contribution < -0.4 is 0 Å². The van der Waals surface area contributed by atoms with Crippen molar-refractivity contribution in [3.05, 3.63) is 12.2 Å². The molecule has 1 heterocycles. The quantitative estimate of drug-likeness (QED) is 0.482. The maximum absolute atomic E-state index is 12.2. The lowest BCUT2D eigenvalue weighted by Crippen LogP contribution is -2.24. The molecule has 0 bridgehead atoms. The Balaban J connectivity index is 2.29. The van der Waals surface area contributed by atoms with Gasteiger partial charge in [0.05, 0.1) is 32.6 Å². The Hall–Kier alpha value is -0.190. The first kappa shape index (κ1) is 16.9. The smallest absolute Gasteiger partial charge is 0.334 e. The van der Waals surface area contributed by atoms with Crippen molar-refractivity contribution in [1.82, 2.24) is 0 Å². The molecule has 0 radical (unpaired) electrons. The van der Waals surface area contributed by atoms with Crippen molar-refractivity contribution < 1.29 is 23.1 Å². The zero-order chi connectivity index (χ0) is 14.2. The third-order valence-corrected chi connectivity index (χ3v) is 4.77. The number of ether oxygens (including phenoxy) is 2. The highest BCUT2D eigenvalue weighted by Gasteiger charge is 2.29. The molecule has 1 aliphatic rings.